The predicted octanol–water partition coefficient (Wildman–Crippen LogP) is 4.23. The molecule has 0 saturated heterocycles. The van der Waals surface area contributed by atoms with Crippen molar-refractivity contribution >= 4 is 35.1 Å². The Kier molecular flexibility index (Phi) is 5.94. The van der Waals surface area contributed by atoms with E-state index >= 15 is 0 Å². The smallest absolute Gasteiger partial charge is 0.318 e. The number of carbonyl (C=O) groups excluding carboxylic acids is 2. The standard InChI is InChI=1S/C17H19Cl2F2NO3/c1-10-2-3-11(8-12(10)18)25-15(24)16(13(19)9-14(22)23)4-6-17(20,21)7-5-16/h2-3,8,13H,4-7,9H2,1H3,(H2,22,23). The molecule has 0 bridgehead atoms. The fraction of sp³-hybridized carbons (Fsp3) is 0.529. The fourth-order valence-electron chi connectivity index (χ4n) is 2.92. The molecule has 138 valence electrons. The largest absolute Gasteiger partial charge is 0.426 e. The van der Waals surface area contributed by atoms with Gasteiger partial charge in [-0.25, -0.2) is 8.78 Å². The molecular formula is C17H19Cl2F2NO3. The van der Waals surface area contributed by atoms with Crippen molar-refractivity contribution < 1.29 is 23.1 Å². The van der Waals surface area contributed by atoms with Crippen molar-refractivity contribution in [1.82, 2.24) is 0 Å². The van der Waals surface area contributed by atoms with Crippen LogP contribution in [0.25, 0.3) is 0 Å². The highest BCUT2D eigenvalue weighted by atomic mass is 35.5. The van der Waals surface area contributed by atoms with Gasteiger partial charge < -0.3 is 10.5 Å². The maximum Gasteiger partial charge on any atom is 0.318 e. The molecule has 1 aromatic rings. The molecule has 25 heavy (non-hydrogen) atoms. The lowest BCUT2D eigenvalue weighted by molar-refractivity contribution is -0.154. The number of hydrogen-bond acceptors (Lipinski definition) is 3. The topological polar surface area (TPSA) is 69.4 Å². The van der Waals surface area contributed by atoms with Crippen molar-refractivity contribution in [2.75, 3.05) is 0 Å². The third-order valence-electron chi connectivity index (χ3n) is 4.61. The van der Waals surface area contributed by atoms with E-state index in [0.29, 0.717) is 5.02 Å². The number of rotatable bonds is 5. The Morgan fingerprint density at radius 1 is 1.28 bits per heavy atom. The van der Waals surface area contributed by atoms with Crippen LogP contribution in [0.15, 0.2) is 18.2 Å². The molecule has 2 rings (SSSR count). The molecule has 2 N–H and O–H groups in total. The number of alkyl halides is 3. The SMILES string of the molecule is Cc1ccc(OC(=O)C2(C(Cl)CC(N)=O)CCC(F)(F)CC2)cc1Cl. The van der Waals surface area contributed by atoms with Gasteiger partial charge in [0.25, 0.3) is 0 Å². The Labute approximate surface area is 154 Å². The summed E-state index contributed by atoms with van der Waals surface area (Å²) in [5.74, 6) is -4.12. The van der Waals surface area contributed by atoms with Crippen LogP contribution in [0, 0.1) is 12.3 Å². The van der Waals surface area contributed by atoms with E-state index in [9.17, 15) is 18.4 Å². The van der Waals surface area contributed by atoms with Crippen molar-refractivity contribution in [3.63, 3.8) is 0 Å². The summed E-state index contributed by atoms with van der Waals surface area (Å²) in [7, 11) is 0. The van der Waals surface area contributed by atoms with Crippen LogP contribution in [0.4, 0.5) is 8.78 Å². The van der Waals surface area contributed by atoms with Crippen LogP contribution in [0.1, 0.15) is 37.7 Å². The van der Waals surface area contributed by atoms with Gasteiger partial charge in [0.2, 0.25) is 11.8 Å². The number of halogens is 4. The quantitative estimate of drug-likeness (QED) is 0.462. The Morgan fingerprint density at radius 3 is 2.40 bits per heavy atom. The molecule has 0 aliphatic heterocycles. The maximum absolute atomic E-state index is 13.6. The second kappa shape index (κ2) is 7.46. The van der Waals surface area contributed by atoms with Crippen LogP contribution >= 0.6 is 23.2 Å². The second-order valence-electron chi connectivity index (χ2n) is 6.45. The first-order valence-electron chi connectivity index (χ1n) is 7.84. The minimum absolute atomic E-state index is 0.181. The van der Waals surface area contributed by atoms with E-state index in [1.807, 2.05) is 0 Å². The number of benzene rings is 1. The Bertz CT molecular complexity index is 672. The molecule has 1 unspecified atom stereocenters. The Morgan fingerprint density at radius 2 is 1.88 bits per heavy atom. The van der Waals surface area contributed by atoms with Crippen LogP contribution in [0.2, 0.25) is 5.02 Å². The average Bonchev–Trinajstić information content (AvgIpc) is 2.50. The summed E-state index contributed by atoms with van der Waals surface area (Å²) in [5.41, 5.74) is 4.57. The second-order valence-corrected chi connectivity index (χ2v) is 7.38. The van der Waals surface area contributed by atoms with Crippen LogP contribution < -0.4 is 10.5 Å². The van der Waals surface area contributed by atoms with Crippen LogP contribution in [-0.2, 0) is 9.59 Å². The van der Waals surface area contributed by atoms with Gasteiger partial charge in [-0.3, -0.25) is 9.59 Å². The van der Waals surface area contributed by atoms with Crippen LogP contribution in [0.5, 0.6) is 5.75 Å². The monoisotopic (exact) mass is 393 g/mol. The van der Waals surface area contributed by atoms with Gasteiger partial charge in [-0.2, -0.15) is 0 Å². The summed E-state index contributed by atoms with van der Waals surface area (Å²) in [5, 5.41) is -0.608. The highest BCUT2D eigenvalue weighted by molar-refractivity contribution is 6.31. The van der Waals surface area contributed by atoms with Gasteiger partial charge >= 0.3 is 5.97 Å². The molecule has 1 fully saturated rings. The van der Waals surface area contributed by atoms with Gasteiger partial charge in [0.1, 0.15) is 5.75 Å². The molecule has 0 aromatic heterocycles. The molecule has 1 saturated carbocycles. The lowest BCUT2D eigenvalue weighted by atomic mass is 9.69. The third kappa shape index (κ3) is 4.61. The van der Waals surface area contributed by atoms with Gasteiger partial charge in [0, 0.05) is 24.3 Å². The number of ether oxygens (including phenoxy) is 1. The van der Waals surface area contributed by atoms with E-state index in [4.69, 9.17) is 33.7 Å². The maximum atomic E-state index is 13.6. The summed E-state index contributed by atoms with van der Waals surface area (Å²) in [6.45, 7) is 1.79. The van der Waals surface area contributed by atoms with E-state index in [-0.39, 0.29) is 25.0 Å². The lowest BCUT2D eigenvalue weighted by Gasteiger charge is -2.40. The van der Waals surface area contributed by atoms with Crippen molar-refractivity contribution in [2.45, 2.75) is 50.3 Å². The molecule has 1 amide bonds. The third-order valence-corrected chi connectivity index (χ3v) is 5.59. The minimum atomic E-state index is -2.86. The zero-order valence-electron chi connectivity index (χ0n) is 13.7. The normalized spacial score (nSPS) is 19.9. The summed E-state index contributed by atoms with van der Waals surface area (Å²) in [6.07, 6.45) is -1.66. The number of hydrogen-bond donors (Lipinski definition) is 1. The number of primary amides is 1. The highest BCUT2D eigenvalue weighted by Crippen LogP contribution is 2.49. The lowest BCUT2D eigenvalue weighted by Crippen LogP contribution is -2.48. The molecule has 8 heteroatoms. The first kappa shape index (κ1) is 19.9. The Balaban J connectivity index is 2.26. The van der Waals surface area contributed by atoms with Crippen molar-refractivity contribution in [2.24, 2.45) is 11.1 Å². The molecule has 1 aliphatic carbocycles. The number of amides is 1. The number of nitrogens with two attached hydrogens (primary N) is 1. The van der Waals surface area contributed by atoms with Crippen molar-refractivity contribution in [3.8, 4) is 5.75 Å². The molecule has 0 heterocycles. The van der Waals surface area contributed by atoms with Crippen LogP contribution in [-0.4, -0.2) is 23.2 Å². The van der Waals surface area contributed by atoms with Gasteiger partial charge in [-0.05, 0) is 37.5 Å². The van der Waals surface area contributed by atoms with E-state index in [2.05, 4.69) is 0 Å². The summed E-state index contributed by atoms with van der Waals surface area (Å²) >= 11 is 12.3. The molecule has 0 radical (unpaired) electrons. The average molecular weight is 394 g/mol. The fourth-order valence-corrected chi connectivity index (χ4v) is 3.55. The zero-order chi connectivity index (χ0) is 18.8. The molecule has 0 spiro atoms. The summed E-state index contributed by atoms with van der Waals surface area (Å²) in [4.78, 5) is 24.0. The molecule has 1 aliphatic rings. The minimum Gasteiger partial charge on any atom is -0.426 e. The van der Waals surface area contributed by atoms with Crippen LogP contribution in [0.3, 0.4) is 0 Å². The van der Waals surface area contributed by atoms with E-state index in [1.54, 1.807) is 19.1 Å². The van der Waals surface area contributed by atoms with Gasteiger partial charge in [0.05, 0.1) is 10.8 Å². The van der Waals surface area contributed by atoms with E-state index in [1.165, 1.54) is 6.07 Å². The molecule has 1 aromatic carbocycles. The van der Waals surface area contributed by atoms with E-state index < -0.39 is 41.4 Å². The summed E-state index contributed by atoms with van der Waals surface area (Å²) in [6, 6.07) is 4.70. The first-order chi connectivity index (χ1) is 11.6. The van der Waals surface area contributed by atoms with Crippen molar-refractivity contribution in [1.29, 1.82) is 0 Å². The first-order valence-corrected chi connectivity index (χ1v) is 8.66. The molecule has 4 nitrogen and oxygen atoms in total. The molecular weight excluding hydrogens is 375 g/mol. The van der Waals surface area contributed by atoms with Gasteiger partial charge in [-0.15, -0.1) is 11.6 Å². The number of carbonyl (C=O) groups is 2. The predicted molar refractivity (Wildman–Crippen MR) is 91.1 cm³/mol. The Hall–Kier alpha value is -1.40. The van der Waals surface area contributed by atoms with E-state index in [0.717, 1.165) is 5.56 Å². The number of esters is 1. The molecule has 1 atom stereocenters. The van der Waals surface area contributed by atoms with Gasteiger partial charge in [-0.1, -0.05) is 17.7 Å². The highest BCUT2D eigenvalue weighted by Gasteiger charge is 2.53. The number of aryl methyl sites for hydroxylation is 1. The van der Waals surface area contributed by atoms with Gasteiger partial charge in [0.15, 0.2) is 0 Å². The summed E-state index contributed by atoms with van der Waals surface area (Å²) < 4.78 is 32.5. The zero-order valence-corrected chi connectivity index (χ0v) is 15.2. The van der Waals surface area contributed by atoms with Crippen molar-refractivity contribution in [3.05, 3.63) is 28.8 Å².